The Morgan fingerprint density at radius 2 is 1.69 bits per heavy atom. The highest BCUT2D eigenvalue weighted by molar-refractivity contribution is 5.97. The lowest BCUT2D eigenvalue weighted by molar-refractivity contribution is -0.384. The molecule has 0 aliphatic carbocycles. The summed E-state index contributed by atoms with van der Waals surface area (Å²) in [5.74, 6) is -1.06. The Labute approximate surface area is 184 Å². The van der Waals surface area contributed by atoms with E-state index in [9.17, 15) is 19.7 Å². The summed E-state index contributed by atoms with van der Waals surface area (Å²) in [6, 6.07) is 20.9. The highest BCUT2D eigenvalue weighted by Crippen LogP contribution is 2.28. The first-order valence-corrected chi connectivity index (χ1v) is 9.89. The van der Waals surface area contributed by atoms with Crippen molar-refractivity contribution >= 4 is 23.3 Å². The number of benzene rings is 3. The minimum atomic E-state index is -0.598. The van der Waals surface area contributed by atoms with Gasteiger partial charge in [0, 0.05) is 6.07 Å². The van der Waals surface area contributed by atoms with Gasteiger partial charge in [-0.1, -0.05) is 48.5 Å². The first-order chi connectivity index (χ1) is 15.5. The number of aryl methyl sites for hydroxylation is 2. The SMILES string of the molecule is COc1cc([N+](=O)[O-])ccc1NC(=O)COC(=O)c1ccccc1CCc1ccccc1. The van der Waals surface area contributed by atoms with E-state index in [0.717, 1.165) is 17.5 Å². The Morgan fingerprint density at radius 1 is 0.969 bits per heavy atom. The van der Waals surface area contributed by atoms with Crippen LogP contribution in [-0.2, 0) is 22.4 Å². The summed E-state index contributed by atoms with van der Waals surface area (Å²) in [6.45, 7) is -0.508. The average Bonchev–Trinajstić information content (AvgIpc) is 2.82. The molecule has 0 bridgehead atoms. The third kappa shape index (κ3) is 5.91. The van der Waals surface area contributed by atoms with Gasteiger partial charge in [-0.05, 0) is 36.1 Å². The Balaban J connectivity index is 1.60. The van der Waals surface area contributed by atoms with Gasteiger partial charge in [-0.3, -0.25) is 14.9 Å². The molecule has 0 unspecified atom stereocenters. The van der Waals surface area contributed by atoms with Gasteiger partial charge in [-0.25, -0.2) is 4.79 Å². The van der Waals surface area contributed by atoms with Crippen molar-refractivity contribution in [3.8, 4) is 5.75 Å². The number of rotatable bonds is 9. The number of carbonyl (C=O) groups is 2. The van der Waals surface area contributed by atoms with Crippen molar-refractivity contribution in [3.05, 3.63) is 99.6 Å². The standard InChI is InChI=1S/C24H22N2O6/c1-31-22-15-19(26(29)30)13-14-21(22)25-23(27)16-32-24(28)20-10-6-5-9-18(20)12-11-17-7-3-2-4-8-17/h2-10,13-15H,11-12,16H2,1H3,(H,25,27). The van der Waals surface area contributed by atoms with E-state index < -0.39 is 23.4 Å². The van der Waals surface area contributed by atoms with E-state index in [2.05, 4.69) is 5.32 Å². The predicted octanol–water partition coefficient (Wildman–Crippen LogP) is 4.18. The van der Waals surface area contributed by atoms with Gasteiger partial charge < -0.3 is 14.8 Å². The van der Waals surface area contributed by atoms with Crippen LogP contribution in [0.1, 0.15) is 21.5 Å². The molecule has 0 saturated heterocycles. The lowest BCUT2D eigenvalue weighted by atomic mass is 10.00. The van der Waals surface area contributed by atoms with Crippen molar-refractivity contribution in [2.45, 2.75) is 12.8 Å². The molecule has 164 valence electrons. The molecule has 1 amide bonds. The van der Waals surface area contributed by atoms with Crippen LogP contribution in [0.15, 0.2) is 72.8 Å². The van der Waals surface area contributed by atoms with Gasteiger partial charge in [0.15, 0.2) is 6.61 Å². The summed E-state index contributed by atoms with van der Waals surface area (Å²) in [5, 5.41) is 13.4. The second-order valence-electron chi connectivity index (χ2n) is 6.91. The zero-order valence-electron chi connectivity index (χ0n) is 17.4. The van der Waals surface area contributed by atoms with Crippen LogP contribution in [0.4, 0.5) is 11.4 Å². The number of nitrogens with zero attached hydrogens (tertiary/aromatic N) is 1. The summed E-state index contributed by atoms with van der Waals surface area (Å²) in [6.07, 6.45) is 1.42. The number of hydrogen-bond acceptors (Lipinski definition) is 6. The fourth-order valence-corrected chi connectivity index (χ4v) is 3.15. The Kier molecular flexibility index (Phi) is 7.53. The van der Waals surface area contributed by atoms with E-state index in [1.165, 1.54) is 25.3 Å². The van der Waals surface area contributed by atoms with Crippen LogP contribution in [0.2, 0.25) is 0 Å². The molecule has 0 heterocycles. The van der Waals surface area contributed by atoms with Crippen molar-refractivity contribution in [2.24, 2.45) is 0 Å². The zero-order valence-corrected chi connectivity index (χ0v) is 17.4. The van der Waals surface area contributed by atoms with Crippen LogP contribution in [-0.4, -0.2) is 30.5 Å². The summed E-state index contributed by atoms with van der Waals surface area (Å²) in [4.78, 5) is 35.1. The van der Waals surface area contributed by atoms with Gasteiger partial charge in [0.1, 0.15) is 5.75 Å². The second-order valence-corrected chi connectivity index (χ2v) is 6.91. The summed E-state index contributed by atoms with van der Waals surface area (Å²) < 4.78 is 10.3. The van der Waals surface area contributed by atoms with Crippen molar-refractivity contribution in [1.82, 2.24) is 0 Å². The number of nitro groups is 1. The number of hydrogen-bond donors (Lipinski definition) is 1. The van der Waals surface area contributed by atoms with Gasteiger partial charge >= 0.3 is 5.97 Å². The monoisotopic (exact) mass is 434 g/mol. The number of amides is 1. The van der Waals surface area contributed by atoms with Gasteiger partial charge in [0.05, 0.1) is 29.4 Å². The van der Waals surface area contributed by atoms with E-state index in [1.54, 1.807) is 12.1 Å². The molecule has 0 spiro atoms. The Hall–Kier alpha value is -4.20. The van der Waals surface area contributed by atoms with E-state index >= 15 is 0 Å². The van der Waals surface area contributed by atoms with Crippen molar-refractivity contribution in [1.29, 1.82) is 0 Å². The molecule has 3 aromatic carbocycles. The van der Waals surface area contributed by atoms with Crippen LogP contribution in [0, 0.1) is 10.1 Å². The number of non-ortho nitro benzene ring substituents is 1. The first kappa shape index (κ1) is 22.5. The van der Waals surface area contributed by atoms with Gasteiger partial charge in [-0.15, -0.1) is 0 Å². The molecule has 0 saturated carbocycles. The highest BCUT2D eigenvalue weighted by Gasteiger charge is 2.16. The average molecular weight is 434 g/mol. The van der Waals surface area contributed by atoms with E-state index in [4.69, 9.17) is 9.47 Å². The maximum Gasteiger partial charge on any atom is 0.338 e. The molecule has 8 nitrogen and oxygen atoms in total. The third-order valence-electron chi connectivity index (χ3n) is 4.77. The molecule has 0 aliphatic rings. The quantitative estimate of drug-likeness (QED) is 0.307. The smallest absolute Gasteiger partial charge is 0.338 e. The van der Waals surface area contributed by atoms with Crippen LogP contribution in [0.25, 0.3) is 0 Å². The number of nitro benzene ring substituents is 1. The zero-order chi connectivity index (χ0) is 22.9. The predicted molar refractivity (Wildman–Crippen MR) is 119 cm³/mol. The molecule has 0 fully saturated rings. The summed E-state index contributed by atoms with van der Waals surface area (Å²) >= 11 is 0. The van der Waals surface area contributed by atoms with Gasteiger partial charge in [0.25, 0.3) is 11.6 Å². The number of anilines is 1. The van der Waals surface area contributed by atoms with Crippen LogP contribution >= 0.6 is 0 Å². The molecular formula is C24H22N2O6. The van der Waals surface area contributed by atoms with E-state index in [0.29, 0.717) is 12.0 Å². The lowest BCUT2D eigenvalue weighted by Crippen LogP contribution is -2.21. The number of carbonyl (C=O) groups excluding carboxylic acids is 2. The second kappa shape index (κ2) is 10.7. The van der Waals surface area contributed by atoms with Crippen molar-refractivity contribution in [3.63, 3.8) is 0 Å². The largest absolute Gasteiger partial charge is 0.494 e. The van der Waals surface area contributed by atoms with Gasteiger partial charge in [0.2, 0.25) is 0 Å². The fourth-order valence-electron chi connectivity index (χ4n) is 3.15. The summed E-state index contributed by atoms with van der Waals surface area (Å²) in [5.41, 5.74) is 2.47. The molecular weight excluding hydrogens is 412 g/mol. The molecule has 0 radical (unpaired) electrons. The number of methoxy groups -OCH3 is 1. The molecule has 0 atom stereocenters. The van der Waals surface area contributed by atoms with Crippen molar-refractivity contribution < 1.29 is 24.0 Å². The topological polar surface area (TPSA) is 108 Å². The molecule has 1 N–H and O–H groups in total. The molecule has 32 heavy (non-hydrogen) atoms. The number of esters is 1. The third-order valence-corrected chi connectivity index (χ3v) is 4.77. The Bertz CT molecular complexity index is 1110. The lowest BCUT2D eigenvalue weighted by Gasteiger charge is -2.12. The molecule has 0 aliphatic heterocycles. The van der Waals surface area contributed by atoms with Crippen LogP contribution in [0.3, 0.4) is 0 Å². The molecule has 8 heteroatoms. The Morgan fingerprint density at radius 3 is 2.41 bits per heavy atom. The summed E-state index contributed by atoms with van der Waals surface area (Å²) in [7, 11) is 1.33. The fraction of sp³-hybridized carbons (Fsp3) is 0.167. The maximum atomic E-state index is 12.6. The van der Waals surface area contributed by atoms with E-state index in [-0.39, 0.29) is 17.1 Å². The highest BCUT2D eigenvalue weighted by atomic mass is 16.6. The molecule has 0 aromatic heterocycles. The normalized spacial score (nSPS) is 10.3. The molecule has 3 rings (SSSR count). The van der Waals surface area contributed by atoms with Gasteiger partial charge in [-0.2, -0.15) is 0 Å². The number of nitrogens with one attached hydrogen (secondary N) is 1. The number of ether oxygens (including phenoxy) is 2. The minimum Gasteiger partial charge on any atom is -0.494 e. The molecule has 3 aromatic rings. The first-order valence-electron chi connectivity index (χ1n) is 9.89. The van der Waals surface area contributed by atoms with Crippen LogP contribution < -0.4 is 10.1 Å². The van der Waals surface area contributed by atoms with Crippen LogP contribution in [0.5, 0.6) is 5.75 Å². The van der Waals surface area contributed by atoms with E-state index in [1.807, 2.05) is 42.5 Å². The minimum absolute atomic E-state index is 0.130. The van der Waals surface area contributed by atoms with Crippen molar-refractivity contribution in [2.75, 3.05) is 19.0 Å². The maximum absolute atomic E-state index is 12.6.